The number of Topliss-reactive ketones (excluding diaryl/α,β-unsaturated/α-hetero) is 1. The van der Waals surface area contributed by atoms with Crippen LogP contribution in [0.1, 0.15) is 44.9 Å². The summed E-state index contributed by atoms with van der Waals surface area (Å²) in [6.07, 6.45) is 1.41. The molecular weight excluding hydrogens is 245 g/mol. The third-order valence-electron chi connectivity index (χ3n) is 3.96. The van der Waals surface area contributed by atoms with Crippen molar-refractivity contribution >= 4 is 5.78 Å². The largest absolute Gasteiger partial charge is 0.411 e. The lowest BCUT2D eigenvalue weighted by atomic mass is 9.71. The number of carbonyl (C=O) groups excluding carboxylic acids is 1. The van der Waals surface area contributed by atoms with Gasteiger partial charge in [0.1, 0.15) is 12.4 Å². The van der Waals surface area contributed by atoms with E-state index >= 15 is 0 Å². The first-order chi connectivity index (χ1) is 8.39. The van der Waals surface area contributed by atoms with Crippen molar-refractivity contribution in [2.75, 3.05) is 13.2 Å². The highest BCUT2D eigenvalue weighted by Crippen LogP contribution is 2.47. The predicted molar refractivity (Wildman–Crippen MR) is 60.1 cm³/mol. The first-order valence-electron chi connectivity index (χ1n) is 6.55. The molecule has 0 spiro atoms. The Labute approximate surface area is 105 Å². The number of ether oxygens (including phenoxy) is 1. The number of halogens is 3. The quantitative estimate of drug-likeness (QED) is 0.759. The fraction of sp³-hybridized carbons (Fsp3) is 0.923. The molecule has 2 saturated carbocycles. The third kappa shape index (κ3) is 4.26. The second-order valence-electron chi connectivity index (χ2n) is 5.79. The lowest BCUT2D eigenvalue weighted by Crippen LogP contribution is -2.34. The Hall–Kier alpha value is -0.580. The zero-order chi connectivity index (χ0) is 13.2. The summed E-state index contributed by atoms with van der Waals surface area (Å²) in [5.41, 5.74) is -0.180. The molecule has 0 amide bonds. The highest BCUT2D eigenvalue weighted by Gasteiger charge is 2.40. The highest BCUT2D eigenvalue weighted by molar-refractivity contribution is 5.79. The number of alkyl halides is 3. The number of ketones is 1. The van der Waals surface area contributed by atoms with Crippen LogP contribution in [-0.2, 0) is 9.53 Å². The number of carbonyl (C=O) groups is 1. The molecule has 2 rings (SSSR count). The van der Waals surface area contributed by atoms with Crippen LogP contribution in [0.5, 0.6) is 0 Å². The van der Waals surface area contributed by atoms with Crippen LogP contribution >= 0.6 is 0 Å². The molecule has 0 aromatic rings. The minimum Gasteiger partial charge on any atom is -0.371 e. The molecule has 0 N–H and O–H groups in total. The SMILES string of the molecule is O=C1CCC(COCC(F)(F)F)(CC2CC2)CC1. The van der Waals surface area contributed by atoms with Crippen LogP contribution in [0.4, 0.5) is 13.2 Å². The summed E-state index contributed by atoms with van der Waals surface area (Å²) >= 11 is 0. The fourth-order valence-electron chi connectivity index (χ4n) is 2.78. The number of rotatable bonds is 5. The maximum absolute atomic E-state index is 12.1. The minimum atomic E-state index is -4.26. The van der Waals surface area contributed by atoms with E-state index in [9.17, 15) is 18.0 Å². The Kier molecular flexibility index (Phi) is 3.99. The van der Waals surface area contributed by atoms with E-state index in [1.807, 2.05) is 0 Å². The first kappa shape index (κ1) is 13.8. The summed E-state index contributed by atoms with van der Waals surface area (Å²) in [5.74, 6) is 0.880. The molecule has 18 heavy (non-hydrogen) atoms. The van der Waals surface area contributed by atoms with Gasteiger partial charge in [-0.25, -0.2) is 0 Å². The smallest absolute Gasteiger partial charge is 0.371 e. The van der Waals surface area contributed by atoms with Gasteiger partial charge in [-0.3, -0.25) is 4.79 Å². The van der Waals surface area contributed by atoms with Gasteiger partial charge in [-0.15, -0.1) is 0 Å². The van der Waals surface area contributed by atoms with Crippen molar-refractivity contribution in [1.82, 2.24) is 0 Å². The fourth-order valence-corrected chi connectivity index (χ4v) is 2.78. The summed E-state index contributed by atoms with van der Waals surface area (Å²) in [5, 5.41) is 0. The summed E-state index contributed by atoms with van der Waals surface area (Å²) in [6, 6.07) is 0. The monoisotopic (exact) mass is 264 g/mol. The topological polar surface area (TPSA) is 26.3 Å². The van der Waals surface area contributed by atoms with E-state index in [1.54, 1.807) is 0 Å². The lowest BCUT2D eigenvalue weighted by Gasteiger charge is -2.37. The normalized spacial score (nSPS) is 24.3. The number of hydrogen-bond donors (Lipinski definition) is 0. The molecule has 0 atom stereocenters. The molecule has 0 radical (unpaired) electrons. The molecular formula is C13H19F3O2. The molecule has 2 aliphatic rings. The van der Waals surface area contributed by atoms with E-state index in [4.69, 9.17) is 4.74 Å². The average Bonchev–Trinajstić information content (AvgIpc) is 3.05. The lowest BCUT2D eigenvalue weighted by molar-refractivity contribution is -0.183. The predicted octanol–water partition coefficient (Wildman–Crippen LogP) is 3.49. The van der Waals surface area contributed by atoms with E-state index in [2.05, 4.69) is 0 Å². The van der Waals surface area contributed by atoms with Gasteiger partial charge < -0.3 is 4.74 Å². The number of hydrogen-bond acceptors (Lipinski definition) is 2. The molecule has 2 fully saturated rings. The molecule has 0 heterocycles. The van der Waals surface area contributed by atoms with Crippen LogP contribution in [0.15, 0.2) is 0 Å². The zero-order valence-electron chi connectivity index (χ0n) is 10.4. The molecule has 0 aromatic heterocycles. The van der Waals surface area contributed by atoms with E-state index < -0.39 is 12.8 Å². The Morgan fingerprint density at radius 1 is 1.22 bits per heavy atom. The highest BCUT2D eigenvalue weighted by atomic mass is 19.4. The van der Waals surface area contributed by atoms with Gasteiger partial charge in [0, 0.05) is 12.8 Å². The zero-order valence-corrected chi connectivity index (χ0v) is 10.4. The van der Waals surface area contributed by atoms with Crippen molar-refractivity contribution in [3.05, 3.63) is 0 Å². The summed E-state index contributed by atoms with van der Waals surface area (Å²) in [7, 11) is 0. The molecule has 0 aromatic carbocycles. The van der Waals surface area contributed by atoms with Crippen molar-refractivity contribution < 1.29 is 22.7 Å². The van der Waals surface area contributed by atoms with Gasteiger partial charge >= 0.3 is 6.18 Å². The van der Waals surface area contributed by atoms with Gasteiger partial charge in [0.25, 0.3) is 0 Å². The van der Waals surface area contributed by atoms with Gasteiger partial charge in [0.15, 0.2) is 0 Å². The van der Waals surface area contributed by atoms with Crippen molar-refractivity contribution in [3.63, 3.8) is 0 Å². The Balaban J connectivity index is 1.86. The molecule has 2 nitrogen and oxygen atoms in total. The first-order valence-corrected chi connectivity index (χ1v) is 6.55. The summed E-state index contributed by atoms with van der Waals surface area (Å²) in [4.78, 5) is 11.3. The molecule has 104 valence electrons. The summed E-state index contributed by atoms with van der Waals surface area (Å²) in [6.45, 7) is -1.02. The molecule has 5 heteroatoms. The maximum atomic E-state index is 12.1. The van der Waals surface area contributed by atoms with Gasteiger partial charge in [-0.1, -0.05) is 12.8 Å². The summed E-state index contributed by atoms with van der Waals surface area (Å²) < 4.78 is 41.1. The molecule has 0 saturated heterocycles. The van der Waals surface area contributed by atoms with Crippen LogP contribution in [-0.4, -0.2) is 25.2 Å². The van der Waals surface area contributed by atoms with Crippen molar-refractivity contribution in [2.45, 2.75) is 51.1 Å². The maximum Gasteiger partial charge on any atom is 0.411 e. The Morgan fingerprint density at radius 2 is 1.83 bits per heavy atom. The van der Waals surface area contributed by atoms with Crippen LogP contribution in [0, 0.1) is 11.3 Å². The van der Waals surface area contributed by atoms with E-state index in [1.165, 1.54) is 12.8 Å². The van der Waals surface area contributed by atoms with Gasteiger partial charge in [-0.2, -0.15) is 13.2 Å². The van der Waals surface area contributed by atoms with Crippen LogP contribution in [0.2, 0.25) is 0 Å². The van der Waals surface area contributed by atoms with E-state index in [-0.39, 0.29) is 17.8 Å². The van der Waals surface area contributed by atoms with Crippen molar-refractivity contribution in [3.8, 4) is 0 Å². The Bertz CT molecular complexity index is 298. The van der Waals surface area contributed by atoms with Crippen molar-refractivity contribution in [1.29, 1.82) is 0 Å². The second-order valence-corrected chi connectivity index (χ2v) is 5.79. The molecule has 0 bridgehead atoms. The van der Waals surface area contributed by atoms with E-state index in [0.717, 1.165) is 6.42 Å². The van der Waals surface area contributed by atoms with Gasteiger partial charge in [0.2, 0.25) is 0 Å². The molecule has 0 aliphatic heterocycles. The molecule has 2 aliphatic carbocycles. The van der Waals surface area contributed by atoms with Crippen LogP contribution < -0.4 is 0 Å². The standard InChI is InChI=1S/C13H19F3O2/c14-13(15,16)9-18-8-12(7-10-1-2-10)5-3-11(17)4-6-12/h10H,1-9H2. The minimum absolute atomic E-state index is 0.149. The van der Waals surface area contributed by atoms with E-state index in [0.29, 0.717) is 31.6 Å². The third-order valence-corrected chi connectivity index (χ3v) is 3.96. The van der Waals surface area contributed by atoms with Crippen LogP contribution in [0.25, 0.3) is 0 Å². The van der Waals surface area contributed by atoms with Gasteiger partial charge in [-0.05, 0) is 30.6 Å². The molecule has 0 unspecified atom stereocenters. The van der Waals surface area contributed by atoms with Gasteiger partial charge in [0.05, 0.1) is 6.61 Å². The Morgan fingerprint density at radius 3 is 2.33 bits per heavy atom. The second kappa shape index (κ2) is 5.19. The van der Waals surface area contributed by atoms with Crippen LogP contribution in [0.3, 0.4) is 0 Å². The average molecular weight is 264 g/mol. The van der Waals surface area contributed by atoms with Crippen molar-refractivity contribution in [2.24, 2.45) is 11.3 Å².